The van der Waals surface area contributed by atoms with Gasteiger partial charge in [0.05, 0.1) is 20.3 Å². The molecule has 32 heavy (non-hydrogen) atoms. The van der Waals surface area contributed by atoms with Gasteiger partial charge in [-0.05, 0) is 47.9 Å². The number of aromatic amines is 1. The van der Waals surface area contributed by atoms with Gasteiger partial charge in [0.1, 0.15) is 11.5 Å². The van der Waals surface area contributed by atoms with E-state index in [9.17, 15) is 4.79 Å². The minimum Gasteiger partial charge on any atom is -0.497 e. The van der Waals surface area contributed by atoms with Crippen molar-refractivity contribution in [3.05, 3.63) is 89.6 Å². The molecule has 0 spiro atoms. The predicted octanol–water partition coefficient (Wildman–Crippen LogP) is 5.36. The molecular weight excluding hydrogens is 402 g/mol. The second-order valence-corrected chi connectivity index (χ2v) is 7.84. The van der Waals surface area contributed by atoms with Crippen LogP contribution in [0.15, 0.2) is 72.8 Å². The number of fused-ring (bicyclic) bond motifs is 3. The Labute approximate surface area is 186 Å². The molecule has 1 aliphatic heterocycles. The number of nitrogens with zero attached hydrogens (tertiary/aromatic N) is 1. The van der Waals surface area contributed by atoms with Crippen molar-refractivity contribution < 1.29 is 14.3 Å². The lowest BCUT2D eigenvalue weighted by molar-refractivity contribution is 0.193. The fourth-order valence-corrected chi connectivity index (χ4v) is 4.49. The van der Waals surface area contributed by atoms with E-state index in [1.807, 2.05) is 59.5 Å². The lowest BCUT2D eigenvalue weighted by Crippen LogP contribution is -2.43. The first kappa shape index (κ1) is 20.0. The molecule has 1 atom stereocenters. The zero-order valence-electron chi connectivity index (χ0n) is 18.1. The maximum atomic E-state index is 13.4. The molecule has 6 heteroatoms. The lowest BCUT2D eigenvalue weighted by atomic mass is 9.92. The zero-order valence-corrected chi connectivity index (χ0v) is 18.1. The fraction of sp³-hybridized carbons (Fsp3) is 0.192. The SMILES string of the molecule is COc1ccc([C@@H]2c3[nH]c4ccccc4c3CCN2C(=O)Nc2cccc(OC)c2)cc1. The van der Waals surface area contributed by atoms with E-state index in [0.29, 0.717) is 18.0 Å². The van der Waals surface area contributed by atoms with Crippen LogP contribution in [0, 0.1) is 0 Å². The number of nitrogens with one attached hydrogen (secondary N) is 2. The van der Waals surface area contributed by atoms with Crippen LogP contribution < -0.4 is 14.8 Å². The number of benzene rings is 3. The second kappa shape index (κ2) is 8.30. The molecule has 0 fully saturated rings. The summed E-state index contributed by atoms with van der Waals surface area (Å²) in [6.45, 7) is 0.612. The number of aromatic nitrogens is 1. The van der Waals surface area contributed by atoms with Crippen LogP contribution >= 0.6 is 0 Å². The Morgan fingerprint density at radius 3 is 2.53 bits per heavy atom. The van der Waals surface area contributed by atoms with Gasteiger partial charge in [-0.15, -0.1) is 0 Å². The van der Waals surface area contributed by atoms with Crippen molar-refractivity contribution >= 4 is 22.6 Å². The molecule has 2 heterocycles. The number of anilines is 1. The van der Waals surface area contributed by atoms with Gasteiger partial charge in [-0.3, -0.25) is 0 Å². The quantitative estimate of drug-likeness (QED) is 0.460. The maximum absolute atomic E-state index is 13.4. The molecule has 0 saturated heterocycles. The van der Waals surface area contributed by atoms with Crippen LogP contribution in [-0.2, 0) is 6.42 Å². The number of hydrogen-bond donors (Lipinski definition) is 2. The monoisotopic (exact) mass is 427 g/mol. The Morgan fingerprint density at radius 1 is 0.969 bits per heavy atom. The van der Waals surface area contributed by atoms with E-state index in [-0.39, 0.29) is 12.1 Å². The fourth-order valence-electron chi connectivity index (χ4n) is 4.49. The zero-order chi connectivity index (χ0) is 22.1. The number of methoxy groups -OCH3 is 2. The molecule has 6 nitrogen and oxygen atoms in total. The third-order valence-electron chi connectivity index (χ3n) is 6.05. The van der Waals surface area contributed by atoms with Crippen LogP contribution in [0.2, 0.25) is 0 Å². The lowest BCUT2D eigenvalue weighted by Gasteiger charge is -2.36. The Balaban J connectivity index is 1.55. The van der Waals surface area contributed by atoms with Gasteiger partial charge in [-0.1, -0.05) is 36.4 Å². The van der Waals surface area contributed by atoms with Crippen molar-refractivity contribution in [2.75, 3.05) is 26.1 Å². The van der Waals surface area contributed by atoms with Gasteiger partial charge in [0.25, 0.3) is 0 Å². The van der Waals surface area contributed by atoms with Crippen LogP contribution in [0.3, 0.4) is 0 Å². The van der Waals surface area contributed by atoms with Gasteiger partial charge < -0.3 is 24.7 Å². The molecule has 0 bridgehead atoms. The van der Waals surface area contributed by atoms with Gasteiger partial charge in [-0.2, -0.15) is 0 Å². The highest BCUT2D eigenvalue weighted by Gasteiger charge is 2.34. The smallest absolute Gasteiger partial charge is 0.322 e. The molecule has 4 aromatic rings. The summed E-state index contributed by atoms with van der Waals surface area (Å²) in [7, 11) is 3.27. The molecule has 0 aliphatic carbocycles. The summed E-state index contributed by atoms with van der Waals surface area (Å²) in [4.78, 5) is 18.9. The van der Waals surface area contributed by atoms with Crippen molar-refractivity contribution in [1.29, 1.82) is 0 Å². The number of carbonyl (C=O) groups is 1. The van der Waals surface area contributed by atoms with Crippen molar-refractivity contribution in [3.63, 3.8) is 0 Å². The minimum absolute atomic E-state index is 0.150. The van der Waals surface area contributed by atoms with E-state index < -0.39 is 0 Å². The number of carbonyl (C=O) groups excluding carboxylic acids is 1. The van der Waals surface area contributed by atoms with Crippen LogP contribution in [0.25, 0.3) is 10.9 Å². The van der Waals surface area contributed by atoms with E-state index in [4.69, 9.17) is 9.47 Å². The van der Waals surface area contributed by atoms with Gasteiger partial charge >= 0.3 is 6.03 Å². The molecular formula is C26H25N3O3. The number of rotatable bonds is 4. The van der Waals surface area contributed by atoms with E-state index in [0.717, 1.165) is 28.9 Å². The summed E-state index contributed by atoms with van der Waals surface area (Å²) < 4.78 is 10.6. The number of H-pyrrole nitrogens is 1. The Morgan fingerprint density at radius 2 is 1.75 bits per heavy atom. The topological polar surface area (TPSA) is 66.6 Å². The van der Waals surface area contributed by atoms with Crippen molar-refractivity contribution in [3.8, 4) is 11.5 Å². The first-order valence-electron chi connectivity index (χ1n) is 10.6. The maximum Gasteiger partial charge on any atom is 0.322 e. The first-order valence-corrected chi connectivity index (χ1v) is 10.6. The normalized spacial score (nSPS) is 15.3. The Kier molecular flexibility index (Phi) is 5.19. The molecule has 1 aromatic heterocycles. The van der Waals surface area contributed by atoms with E-state index >= 15 is 0 Å². The average molecular weight is 428 g/mol. The molecule has 1 aliphatic rings. The van der Waals surface area contributed by atoms with Crippen LogP contribution in [-0.4, -0.2) is 36.7 Å². The molecule has 2 amide bonds. The van der Waals surface area contributed by atoms with Crippen LogP contribution in [0.4, 0.5) is 10.5 Å². The van der Waals surface area contributed by atoms with Gasteiger partial charge in [0.2, 0.25) is 0 Å². The van der Waals surface area contributed by atoms with Crippen LogP contribution in [0.5, 0.6) is 11.5 Å². The summed E-state index contributed by atoms with van der Waals surface area (Å²) in [6, 6.07) is 23.2. The third-order valence-corrected chi connectivity index (χ3v) is 6.05. The number of amides is 2. The predicted molar refractivity (Wildman–Crippen MR) is 126 cm³/mol. The Hall–Kier alpha value is -3.93. The van der Waals surface area contributed by atoms with E-state index in [2.05, 4.69) is 28.5 Å². The molecule has 0 radical (unpaired) electrons. The van der Waals surface area contributed by atoms with Crippen molar-refractivity contribution in [2.45, 2.75) is 12.5 Å². The summed E-state index contributed by atoms with van der Waals surface area (Å²) in [6.07, 6.45) is 0.789. The van der Waals surface area contributed by atoms with Crippen molar-refractivity contribution in [1.82, 2.24) is 9.88 Å². The van der Waals surface area contributed by atoms with Gasteiger partial charge in [0.15, 0.2) is 0 Å². The minimum atomic E-state index is -0.234. The first-order chi connectivity index (χ1) is 15.7. The number of urea groups is 1. The molecule has 3 aromatic carbocycles. The van der Waals surface area contributed by atoms with Gasteiger partial charge in [0, 0.05) is 34.9 Å². The second-order valence-electron chi connectivity index (χ2n) is 7.84. The molecule has 0 saturated carbocycles. The van der Waals surface area contributed by atoms with Gasteiger partial charge in [-0.25, -0.2) is 4.79 Å². The highest BCUT2D eigenvalue weighted by molar-refractivity contribution is 5.91. The number of hydrogen-bond acceptors (Lipinski definition) is 3. The third kappa shape index (κ3) is 3.54. The summed E-state index contributed by atoms with van der Waals surface area (Å²) >= 11 is 0. The average Bonchev–Trinajstić information content (AvgIpc) is 3.22. The standard InChI is InChI=1S/C26H25N3O3/c1-31-19-12-10-17(11-13-19)25-24-22(21-8-3-4-9-23(21)28-24)14-15-29(25)26(30)27-18-6-5-7-20(16-18)32-2/h3-13,16,25,28H,14-15H2,1-2H3,(H,27,30)/t25-/m1/s1. The number of para-hydroxylation sites is 1. The largest absolute Gasteiger partial charge is 0.497 e. The van der Waals surface area contributed by atoms with E-state index in [1.165, 1.54) is 10.9 Å². The molecule has 0 unspecified atom stereocenters. The highest BCUT2D eigenvalue weighted by Crippen LogP contribution is 2.39. The number of ether oxygens (including phenoxy) is 2. The molecule has 2 N–H and O–H groups in total. The highest BCUT2D eigenvalue weighted by atomic mass is 16.5. The summed E-state index contributed by atoms with van der Waals surface area (Å²) in [5.74, 6) is 1.49. The molecule has 162 valence electrons. The molecule has 5 rings (SSSR count). The van der Waals surface area contributed by atoms with E-state index in [1.54, 1.807) is 14.2 Å². The van der Waals surface area contributed by atoms with Crippen LogP contribution in [0.1, 0.15) is 22.9 Å². The van der Waals surface area contributed by atoms with Crippen molar-refractivity contribution in [2.24, 2.45) is 0 Å². The summed E-state index contributed by atoms with van der Waals surface area (Å²) in [5.41, 5.74) is 5.14. The summed E-state index contributed by atoms with van der Waals surface area (Å²) in [5, 5.41) is 4.26. The Bertz CT molecular complexity index is 1260.